The van der Waals surface area contributed by atoms with Crippen molar-refractivity contribution in [3.63, 3.8) is 0 Å². The number of carbonyl (C=O) groups is 2. The second-order valence-electron chi connectivity index (χ2n) is 6.10. The Labute approximate surface area is 159 Å². The van der Waals surface area contributed by atoms with E-state index in [2.05, 4.69) is 29.4 Å². The number of para-hydroxylation sites is 1. The Hall–Kier alpha value is -3.33. The van der Waals surface area contributed by atoms with Gasteiger partial charge in [-0.2, -0.15) is 5.26 Å². The highest BCUT2D eigenvalue weighted by atomic mass is 16.2. The van der Waals surface area contributed by atoms with E-state index in [1.165, 1.54) is 0 Å². The zero-order chi connectivity index (χ0) is 19.8. The SMILES string of the molecule is CCN(CC)c1ccc(NC(=O)CC(=O)Nc2ccccc2C#N)c(C)c1. The number of rotatable bonds is 7. The van der Waals surface area contributed by atoms with Gasteiger partial charge in [-0.05, 0) is 56.7 Å². The van der Waals surface area contributed by atoms with Crippen molar-refractivity contribution in [1.29, 1.82) is 5.26 Å². The molecule has 0 bridgehead atoms. The number of hydrogen-bond acceptors (Lipinski definition) is 4. The van der Waals surface area contributed by atoms with E-state index in [0.717, 1.165) is 24.3 Å². The monoisotopic (exact) mass is 364 g/mol. The summed E-state index contributed by atoms with van der Waals surface area (Å²) in [5, 5.41) is 14.4. The summed E-state index contributed by atoms with van der Waals surface area (Å²) in [6.45, 7) is 7.93. The van der Waals surface area contributed by atoms with Gasteiger partial charge < -0.3 is 15.5 Å². The Balaban J connectivity index is 1.99. The lowest BCUT2D eigenvalue weighted by Crippen LogP contribution is -2.23. The number of carbonyl (C=O) groups excluding carboxylic acids is 2. The minimum absolute atomic E-state index is 0.322. The molecule has 6 heteroatoms. The van der Waals surface area contributed by atoms with Gasteiger partial charge in [-0.3, -0.25) is 9.59 Å². The van der Waals surface area contributed by atoms with E-state index in [-0.39, 0.29) is 6.42 Å². The second kappa shape index (κ2) is 9.39. The van der Waals surface area contributed by atoms with E-state index in [1.807, 2.05) is 31.2 Å². The van der Waals surface area contributed by atoms with Crippen LogP contribution in [0.3, 0.4) is 0 Å². The van der Waals surface area contributed by atoms with Crippen molar-refractivity contribution in [2.24, 2.45) is 0 Å². The second-order valence-corrected chi connectivity index (χ2v) is 6.10. The summed E-state index contributed by atoms with van der Waals surface area (Å²) in [7, 11) is 0. The van der Waals surface area contributed by atoms with Crippen molar-refractivity contribution < 1.29 is 9.59 Å². The molecule has 0 aliphatic rings. The largest absolute Gasteiger partial charge is 0.372 e. The molecule has 0 saturated carbocycles. The average Bonchev–Trinajstić information content (AvgIpc) is 2.65. The third-order valence-electron chi connectivity index (χ3n) is 4.26. The number of nitriles is 1. The van der Waals surface area contributed by atoms with E-state index < -0.39 is 11.8 Å². The van der Waals surface area contributed by atoms with Gasteiger partial charge in [0, 0.05) is 24.5 Å². The summed E-state index contributed by atoms with van der Waals surface area (Å²) < 4.78 is 0. The van der Waals surface area contributed by atoms with Gasteiger partial charge >= 0.3 is 0 Å². The number of nitrogens with one attached hydrogen (secondary N) is 2. The van der Waals surface area contributed by atoms with Crippen LogP contribution in [0.2, 0.25) is 0 Å². The minimum Gasteiger partial charge on any atom is -0.372 e. The Bertz CT molecular complexity index is 867. The van der Waals surface area contributed by atoms with Gasteiger partial charge in [-0.1, -0.05) is 12.1 Å². The van der Waals surface area contributed by atoms with Gasteiger partial charge in [0.15, 0.2) is 0 Å². The van der Waals surface area contributed by atoms with E-state index in [1.54, 1.807) is 24.3 Å². The number of benzene rings is 2. The molecule has 0 aliphatic carbocycles. The average molecular weight is 364 g/mol. The van der Waals surface area contributed by atoms with Crippen LogP contribution in [-0.2, 0) is 9.59 Å². The molecule has 2 amide bonds. The summed E-state index contributed by atoms with van der Waals surface area (Å²) >= 11 is 0. The number of hydrogen-bond donors (Lipinski definition) is 2. The Morgan fingerprint density at radius 2 is 1.63 bits per heavy atom. The lowest BCUT2D eigenvalue weighted by Gasteiger charge is -2.22. The summed E-state index contributed by atoms with van der Waals surface area (Å²) in [4.78, 5) is 26.5. The van der Waals surface area contributed by atoms with Crippen LogP contribution in [0.1, 0.15) is 31.4 Å². The van der Waals surface area contributed by atoms with Crippen molar-refractivity contribution in [2.45, 2.75) is 27.2 Å². The van der Waals surface area contributed by atoms with Crippen LogP contribution in [0, 0.1) is 18.3 Å². The maximum atomic E-state index is 12.2. The first-order valence-corrected chi connectivity index (χ1v) is 8.92. The molecule has 0 aromatic heterocycles. The molecule has 0 heterocycles. The third-order valence-corrected chi connectivity index (χ3v) is 4.26. The number of amides is 2. The van der Waals surface area contributed by atoms with Gasteiger partial charge in [0.1, 0.15) is 12.5 Å². The van der Waals surface area contributed by atoms with Crippen molar-refractivity contribution in [3.05, 3.63) is 53.6 Å². The maximum Gasteiger partial charge on any atom is 0.233 e. The molecular weight excluding hydrogens is 340 g/mol. The Morgan fingerprint density at radius 3 is 2.22 bits per heavy atom. The van der Waals surface area contributed by atoms with Gasteiger partial charge in [0.05, 0.1) is 11.3 Å². The molecule has 140 valence electrons. The Morgan fingerprint density at radius 1 is 1.00 bits per heavy atom. The highest BCUT2D eigenvalue weighted by Crippen LogP contribution is 2.23. The summed E-state index contributed by atoms with van der Waals surface area (Å²) in [5.74, 6) is -0.867. The van der Waals surface area contributed by atoms with E-state index in [4.69, 9.17) is 5.26 Å². The smallest absolute Gasteiger partial charge is 0.233 e. The standard InChI is InChI=1S/C21H24N4O2/c1-4-25(5-2)17-10-11-18(15(3)12-17)23-20(26)13-21(27)24-19-9-7-6-8-16(19)14-22/h6-12H,4-5,13H2,1-3H3,(H,23,26)(H,24,27). The quantitative estimate of drug-likeness (QED) is 0.734. The van der Waals surface area contributed by atoms with Crippen LogP contribution in [0.5, 0.6) is 0 Å². The van der Waals surface area contributed by atoms with Crippen LogP contribution in [0.25, 0.3) is 0 Å². The predicted octanol–water partition coefficient (Wildman–Crippen LogP) is 3.68. The topological polar surface area (TPSA) is 85.2 Å². The van der Waals surface area contributed by atoms with Crippen molar-refractivity contribution in [1.82, 2.24) is 0 Å². The molecule has 0 unspecified atom stereocenters. The molecule has 0 fully saturated rings. The predicted molar refractivity (Wildman–Crippen MR) is 108 cm³/mol. The molecule has 2 N–H and O–H groups in total. The van der Waals surface area contributed by atoms with Gasteiger partial charge in [0.25, 0.3) is 0 Å². The lowest BCUT2D eigenvalue weighted by atomic mass is 10.1. The van der Waals surface area contributed by atoms with Crippen LogP contribution in [0.15, 0.2) is 42.5 Å². The molecule has 2 aromatic carbocycles. The molecule has 0 saturated heterocycles. The molecule has 0 radical (unpaired) electrons. The molecule has 6 nitrogen and oxygen atoms in total. The van der Waals surface area contributed by atoms with Crippen LogP contribution in [-0.4, -0.2) is 24.9 Å². The third kappa shape index (κ3) is 5.32. The fourth-order valence-corrected chi connectivity index (χ4v) is 2.80. The first-order valence-electron chi connectivity index (χ1n) is 8.92. The van der Waals surface area contributed by atoms with Crippen molar-refractivity contribution in [3.8, 4) is 6.07 Å². The maximum absolute atomic E-state index is 12.2. The molecule has 2 aromatic rings. The van der Waals surface area contributed by atoms with Gasteiger partial charge in [-0.25, -0.2) is 0 Å². The highest BCUT2D eigenvalue weighted by Gasteiger charge is 2.13. The van der Waals surface area contributed by atoms with E-state index >= 15 is 0 Å². The fraction of sp³-hybridized carbons (Fsp3) is 0.286. The molecule has 27 heavy (non-hydrogen) atoms. The van der Waals surface area contributed by atoms with Gasteiger partial charge in [-0.15, -0.1) is 0 Å². The van der Waals surface area contributed by atoms with Crippen LogP contribution in [0.4, 0.5) is 17.1 Å². The zero-order valence-corrected chi connectivity index (χ0v) is 15.9. The highest BCUT2D eigenvalue weighted by molar-refractivity contribution is 6.08. The van der Waals surface area contributed by atoms with Crippen molar-refractivity contribution in [2.75, 3.05) is 28.6 Å². The number of aryl methyl sites for hydroxylation is 1. The molecule has 0 spiro atoms. The zero-order valence-electron chi connectivity index (χ0n) is 15.9. The minimum atomic E-state index is -0.465. The summed E-state index contributed by atoms with van der Waals surface area (Å²) in [6, 6.07) is 14.5. The van der Waals surface area contributed by atoms with Crippen molar-refractivity contribution >= 4 is 28.9 Å². The van der Waals surface area contributed by atoms with E-state index in [9.17, 15) is 9.59 Å². The number of anilines is 3. The molecule has 0 aliphatic heterocycles. The first kappa shape index (κ1) is 20.0. The summed E-state index contributed by atoms with van der Waals surface area (Å²) in [5.41, 5.74) is 3.47. The van der Waals surface area contributed by atoms with E-state index in [0.29, 0.717) is 16.9 Å². The summed E-state index contributed by atoms with van der Waals surface area (Å²) in [6.07, 6.45) is -0.322. The van der Waals surface area contributed by atoms with Crippen LogP contribution < -0.4 is 15.5 Å². The fourth-order valence-electron chi connectivity index (χ4n) is 2.80. The van der Waals surface area contributed by atoms with Gasteiger partial charge in [0.2, 0.25) is 11.8 Å². The molecular formula is C21H24N4O2. The normalized spacial score (nSPS) is 10.0. The lowest BCUT2D eigenvalue weighted by molar-refractivity contribution is -0.123. The molecule has 2 rings (SSSR count). The number of nitrogens with zero attached hydrogens (tertiary/aromatic N) is 2. The first-order chi connectivity index (χ1) is 13.0. The Kier molecular flexibility index (Phi) is 6.95. The molecule has 0 atom stereocenters. The van der Waals surface area contributed by atoms with Crippen LogP contribution >= 0.6 is 0 Å².